The van der Waals surface area contributed by atoms with Crippen molar-refractivity contribution in [1.29, 1.82) is 0 Å². The summed E-state index contributed by atoms with van der Waals surface area (Å²) in [5.41, 5.74) is 0.284. The summed E-state index contributed by atoms with van der Waals surface area (Å²) in [5, 5.41) is 0. The highest BCUT2D eigenvalue weighted by Crippen LogP contribution is 2.38. The fraction of sp³-hybridized carbons (Fsp3) is 0.717. The Kier molecular flexibility index (Phi) is 18.8. The average molecular weight is 798 g/mol. The summed E-state index contributed by atoms with van der Waals surface area (Å²) in [7, 11) is 4.66. The van der Waals surface area contributed by atoms with Crippen LogP contribution in [0, 0.1) is 29.6 Å². The molecule has 0 spiro atoms. The number of methoxy groups -OCH3 is 3. The molecule has 0 saturated carbocycles. The fourth-order valence-corrected chi connectivity index (χ4v) is 8.36. The van der Waals surface area contributed by atoms with Gasteiger partial charge in [-0.3, -0.25) is 19.2 Å². The van der Waals surface area contributed by atoms with E-state index in [1.165, 1.54) is 19.1 Å². The fourth-order valence-electron chi connectivity index (χ4n) is 8.36. The minimum absolute atomic E-state index is 0.0438. The molecule has 3 aliphatic rings. The topological polar surface area (TPSA) is 135 Å². The summed E-state index contributed by atoms with van der Waals surface area (Å²) < 4.78 is 30.0. The molecule has 320 valence electrons. The summed E-state index contributed by atoms with van der Waals surface area (Å²) in [6.45, 7) is 17.2. The van der Waals surface area contributed by atoms with Crippen LogP contribution in [-0.2, 0) is 47.7 Å². The minimum atomic E-state index is -1.38. The number of cyclic esters (lactones) is 1. The monoisotopic (exact) mass is 798 g/mol. The second-order valence-electron chi connectivity index (χ2n) is 17.2. The lowest BCUT2D eigenvalue weighted by molar-refractivity contribution is -0.184. The van der Waals surface area contributed by atoms with E-state index in [1.54, 1.807) is 27.0 Å². The van der Waals surface area contributed by atoms with Crippen LogP contribution in [0.5, 0.6) is 0 Å². The lowest BCUT2D eigenvalue weighted by Gasteiger charge is -2.44. The molecular weight excluding hydrogens is 727 g/mol. The van der Waals surface area contributed by atoms with Crippen LogP contribution in [-0.4, -0.2) is 104 Å². The summed E-state index contributed by atoms with van der Waals surface area (Å²) in [5.74, 6) is -3.48. The summed E-state index contributed by atoms with van der Waals surface area (Å²) in [6, 6.07) is -0.953. The van der Waals surface area contributed by atoms with Gasteiger partial charge in [-0.15, -0.1) is 0 Å². The molecule has 0 aromatic carbocycles. The second-order valence-corrected chi connectivity index (χ2v) is 17.2. The Morgan fingerprint density at radius 3 is 2.14 bits per heavy atom. The summed E-state index contributed by atoms with van der Waals surface area (Å²) >= 11 is 0. The SMILES string of the molecule is CO[C@H]1C[C@@H]2CC[C@@H](C)[C@@](C)(O2)C(=O)C(=O)N2CCCC[C@H]2C(=O)O[C@H](C(C)C)CC(=O)[C@H](C)/C=C(\C)[C@@H](OC)[C@@H](OC)C(=O)[C@H](C)C[C@H](C)/C=C/C=C/C=C/1C. The van der Waals surface area contributed by atoms with E-state index < -0.39 is 53.5 Å². The van der Waals surface area contributed by atoms with Crippen LogP contribution in [0.3, 0.4) is 0 Å². The van der Waals surface area contributed by atoms with Gasteiger partial charge in [0, 0.05) is 52.6 Å². The zero-order valence-corrected chi connectivity index (χ0v) is 36.7. The third-order valence-corrected chi connectivity index (χ3v) is 12.4. The number of carbonyl (C=O) groups is 5. The maximum atomic E-state index is 14.2. The van der Waals surface area contributed by atoms with Crippen molar-refractivity contribution < 1.29 is 47.7 Å². The zero-order valence-electron chi connectivity index (χ0n) is 36.7. The minimum Gasteiger partial charge on any atom is -0.460 e. The lowest BCUT2D eigenvalue weighted by Crippen LogP contribution is -2.59. The number of nitrogens with zero attached hydrogens (tertiary/aromatic N) is 1. The highest BCUT2D eigenvalue weighted by atomic mass is 16.5. The van der Waals surface area contributed by atoms with Crippen molar-refractivity contribution in [3.63, 3.8) is 0 Å². The molecule has 11 heteroatoms. The molecule has 11 atom stereocenters. The van der Waals surface area contributed by atoms with E-state index in [0.29, 0.717) is 50.5 Å². The lowest BCUT2D eigenvalue weighted by atomic mass is 9.78. The predicted molar refractivity (Wildman–Crippen MR) is 220 cm³/mol. The van der Waals surface area contributed by atoms with Crippen molar-refractivity contribution in [2.24, 2.45) is 29.6 Å². The van der Waals surface area contributed by atoms with Gasteiger partial charge in [-0.25, -0.2) is 4.79 Å². The molecule has 0 aliphatic carbocycles. The molecule has 3 aliphatic heterocycles. The van der Waals surface area contributed by atoms with E-state index in [9.17, 15) is 24.0 Å². The molecule has 1 amide bonds. The van der Waals surface area contributed by atoms with Gasteiger partial charge in [0.05, 0.1) is 12.2 Å². The number of piperidine rings is 1. The molecule has 0 unspecified atom stereocenters. The Morgan fingerprint density at radius 2 is 1.51 bits per heavy atom. The van der Waals surface area contributed by atoms with Gasteiger partial charge in [0.25, 0.3) is 11.7 Å². The molecule has 2 saturated heterocycles. The first-order chi connectivity index (χ1) is 26.9. The van der Waals surface area contributed by atoms with E-state index in [1.807, 2.05) is 65.8 Å². The van der Waals surface area contributed by atoms with Crippen molar-refractivity contribution in [2.45, 2.75) is 156 Å². The molecule has 2 bridgehead atoms. The molecule has 11 nitrogen and oxygen atoms in total. The third kappa shape index (κ3) is 12.6. The highest BCUT2D eigenvalue weighted by molar-refractivity contribution is 6.39. The van der Waals surface area contributed by atoms with Crippen LogP contribution >= 0.6 is 0 Å². The Bertz CT molecular complexity index is 1530. The molecule has 3 heterocycles. The van der Waals surface area contributed by atoms with E-state index in [0.717, 1.165) is 5.57 Å². The van der Waals surface area contributed by atoms with Gasteiger partial charge in [-0.2, -0.15) is 0 Å². The Labute approximate surface area is 342 Å². The number of Topliss-reactive ketones (excluding diaryl/α,β-unsaturated/α-hetero) is 3. The smallest absolute Gasteiger partial charge is 0.329 e. The number of hydrogen-bond acceptors (Lipinski definition) is 10. The first-order valence-electron chi connectivity index (χ1n) is 21.0. The van der Waals surface area contributed by atoms with Gasteiger partial charge in [-0.1, -0.05) is 78.0 Å². The number of fused-ring (bicyclic) bond motifs is 3. The van der Waals surface area contributed by atoms with Crippen molar-refractivity contribution in [3.05, 3.63) is 47.6 Å². The van der Waals surface area contributed by atoms with Gasteiger partial charge in [-0.05, 0) is 88.2 Å². The van der Waals surface area contributed by atoms with Gasteiger partial charge in [0.1, 0.15) is 35.7 Å². The maximum absolute atomic E-state index is 14.2. The van der Waals surface area contributed by atoms with Crippen LogP contribution in [0.4, 0.5) is 0 Å². The van der Waals surface area contributed by atoms with Gasteiger partial charge < -0.3 is 28.6 Å². The van der Waals surface area contributed by atoms with Crippen LogP contribution in [0.25, 0.3) is 0 Å². The van der Waals surface area contributed by atoms with Gasteiger partial charge >= 0.3 is 5.97 Å². The normalized spacial score (nSPS) is 38.4. The largest absolute Gasteiger partial charge is 0.460 e. The molecule has 0 aromatic heterocycles. The Balaban J connectivity index is 2.00. The molecule has 0 aromatic rings. The Hall–Kier alpha value is -3.25. The van der Waals surface area contributed by atoms with E-state index in [2.05, 4.69) is 13.0 Å². The number of hydrogen-bond donors (Lipinski definition) is 0. The van der Waals surface area contributed by atoms with E-state index in [4.69, 9.17) is 23.7 Å². The van der Waals surface area contributed by atoms with Crippen molar-refractivity contribution in [1.82, 2.24) is 4.90 Å². The van der Waals surface area contributed by atoms with Crippen LogP contribution in [0.1, 0.15) is 114 Å². The third-order valence-electron chi connectivity index (χ3n) is 12.4. The quantitative estimate of drug-likeness (QED) is 0.161. The Morgan fingerprint density at radius 1 is 0.825 bits per heavy atom. The van der Waals surface area contributed by atoms with Gasteiger partial charge in [0.2, 0.25) is 0 Å². The summed E-state index contributed by atoms with van der Waals surface area (Å²) in [4.78, 5) is 71.0. The number of ether oxygens (including phenoxy) is 5. The average Bonchev–Trinajstić information content (AvgIpc) is 3.18. The van der Waals surface area contributed by atoms with Gasteiger partial charge in [0.15, 0.2) is 5.78 Å². The number of ketones is 3. The van der Waals surface area contributed by atoms with Crippen LogP contribution in [0.15, 0.2) is 47.6 Å². The number of esters is 1. The molecule has 57 heavy (non-hydrogen) atoms. The second kappa shape index (κ2) is 22.2. The van der Waals surface area contributed by atoms with Crippen molar-refractivity contribution in [2.75, 3.05) is 27.9 Å². The number of amides is 1. The number of allylic oxidation sites excluding steroid dienone is 6. The van der Waals surface area contributed by atoms with E-state index in [-0.39, 0.29) is 60.4 Å². The summed E-state index contributed by atoms with van der Waals surface area (Å²) in [6.07, 6.45) is 12.9. The van der Waals surface area contributed by atoms with Crippen molar-refractivity contribution >= 4 is 29.2 Å². The van der Waals surface area contributed by atoms with Crippen LogP contribution < -0.4 is 0 Å². The first-order valence-corrected chi connectivity index (χ1v) is 21.0. The standard InChI is InChI=1S/C46H71NO10/c1-28(2)38-27-37(48)31(5)25-33(7)41(54-11)42(55-12)40(49)32(6)24-29(3)18-14-13-15-19-30(4)39(53-10)26-35-22-21-34(8)46(9,57-35)43(50)44(51)47-23-17-16-20-36(47)45(52)56-38/h13-15,18-19,25,28-29,31-32,34-36,38-39,41-42H,16-17,20-24,26-27H2,1-12H3/b15-13+,18-14+,30-19+,33-25+/t29-,31-,32-,34-,35+,36+,38+,39+,41-,42+,46-/m1/s1. The molecule has 3 rings (SSSR count). The maximum Gasteiger partial charge on any atom is 0.329 e. The van der Waals surface area contributed by atoms with E-state index >= 15 is 0 Å². The predicted octanol–water partition coefficient (Wildman–Crippen LogP) is 7.36. The molecule has 0 radical (unpaired) electrons. The highest BCUT2D eigenvalue weighted by Gasteiger charge is 2.50. The van der Waals surface area contributed by atoms with Crippen LogP contribution in [0.2, 0.25) is 0 Å². The molecular formula is C46H71NO10. The molecule has 2 fully saturated rings. The number of carbonyl (C=O) groups excluding carboxylic acids is 5. The first kappa shape index (κ1) is 48.1. The number of rotatable bonds is 4. The van der Waals surface area contributed by atoms with Crippen molar-refractivity contribution in [3.8, 4) is 0 Å². The molecule has 0 N–H and O–H groups in total. The zero-order chi connectivity index (χ0) is 42.6.